The maximum atomic E-state index is 13.2. The molecule has 0 saturated heterocycles. The second-order valence-electron chi connectivity index (χ2n) is 7.55. The van der Waals surface area contributed by atoms with Crippen LogP contribution in [0, 0.1) is 0 Å². The number of nitrogens with zero attached hydrogens (tertiary/aromatic N) is 3. The summed E-state index contributed by atoms with van der Waals surface area (Å²) in [5.41, 5.74) is 1.65. The quantitative estimate of drug-likeness (QED) is 0.455. The summed E-state index contributed by atoms with van der Waals surface area (Å²) in [4.78, 5) is 17.6. The molecule has 1 heterocycles. The summed E-state index contributed by atoms with van der Waals surface area (Å²) in [7, 11) is -0.494. The average Bonchev–Trinajstić information content (AvgIpc) is 3.28. The van der Waals surface area contributed by atoms with Crippen LogP contribution in [-0.4, -0.2) is 30.9 Å². The van der Waals surface area contributed by atoms with E-state index in [9.17, 15) is 13.2 Å². The Morgan fingerprint density at radius 2 is 1.64 bits per heavy atom. The number of hydrogen-bond donors (Lipinski definition) is 1. The van der Waals surface area contributed by atoms with Crippen LogP contribution in [0.15, 0.2) is 102 Å². The van der Waals surface area contributed by atoms with Gasteiger partial charge in [-0.15, -0.1) is 0 Å². The molecule has 0 aliphatic heterocycles. The van der Waals surface area contributed by atoms with Crippen molar-refractivity contribution < 1.29 is 13.2 Å². The third-order valence-corrected chi connectivity index (χ3v) is 7.18. The normalized spacial score (nSPS) is 12.2. The lowest BCUT2D eigenvalue weighted by Crippen LogP contribution is -2.31. The third kappa shape index (κ3) is 4.65. The smallest absolute Gasteiger partial charge is 0.264 e. The Morgan fingerprint density at radius 3 is 2.27 bits per heavy atom. The number of carbonyl (C=O) groups is 1. The van der Waals surface area contributed by atoms with E-state index in [1.807, 2.05) is 54.2 Å². The van der Waals surface area contributed by atoms with Crippen LogP contribution in [0.1, 0.15) is 27.8 Å². The lowest BCUT2D eigenvalue weighted by atomic mass is 10.1. The monoisotopic (exact) mass is 460 g/mol. The van der Waals surface area contributed by atoms with Gasteiger partial charge in [0.15, 0.2) is 0 Å². The summed E-state index contributed by atoms with van der Waals surface area (Å²) in [5, 5.41) is 3.00. The molecule has 1 aromatic heterocycles. The minimum absolute atomic E-state index is 0.0368. The van der Waals surface area contributed by atoms with Crippen molar-refractivity contribution in [2.24, 2.45) is 7.05 Å². The molecule has 0 saturated carbocycles. The van der Waals surface area contributed by atoms with Gasteiger partial charge < -0.3 is 9.88 Å². The summed E-state index contributed by atoms with van der Waals surface area (Å²) >= 11 is 0. The van der Waals surface area contributed by atoms with Gasteiger partial charge in [0.2, 0.25) is 0 Å². The summed E-state index contributed by atoms with van der Waals surface area (Å²) in [6.45, 7) is 0. The molecule has 0 fully saturated rings. The fourth-order valence-corrected chi connectivity index (χ4v) is 4.79. The van der Waals surface area contributed by atoms with E-state index in [1.54, 1.807) is 42.6 Å². The molecule has 1 amide bonds. The van der Waals surface area contributed by atoms with Gasteiger partial charge >= 0.3 is 0 Å². The SMILES string of the molecule is CN(c1ccccc1)S(=O)(=O)c1cccc(C(=O)NC(c2ccccc2)c2nccn2C)c1. The Labute approximate surface area is 193 Å². The fourth-order valence-electron chi connectivity index (χ4n) is 3.54. The molecule has 7 nitrogen and oxygen atoms in total. The van der Waals surface area contributed by atoms with Crippen molar-refractivity contribution in [3.8, 4) is 0 Å². The first-order chi connectivity index (χ1) is 15.9. The standard InChI is InChI=1S/C25H24N4O3S/c1-28-17-16-26-24(28)23(19-10-5-3-6-11-19)27-25(30)20-12-9-15-22(18-20)33(31,32)29(2)21-13-7-4-8-14-21/h3-18,23H,1-2H3,(H,27,30). The average molecular weight is 461 g/mol. The Kier molecular flexibility index (Phi) is 6.28. The van der Waals surface area contributed by atoms with Crippen molar-refractivity contribution in [1.29, 1.82) is 0 Å². The van der Waals surface area contributed by atoms with E-state index < -0.39 is 22.0 Å². The van der Waals surface area contributed by atoms with Crippen LogP contribution in [0.5, 0.6) is 0 Å². The van der Waals surface area contributed by atoms with Gasteiger partial charge in [0.1, 0.15) is 11.9 Å². The topological polar surface area (TPSA) is 84.3 Å². The molecule has 1 N–H and O–H groups in total. The molecule has 168 valence electrons. The maximum Gasteiger partial charge on any atom is 0.264 e. The Balaban J connectivity index is 1.64. The zero-order valence-corrected chi connectivity index (χ0v) is 19.1. The van der Waals surface area contributed by atoms with Gasteiger partial charge in [-0.1, -0.05) is 54.6 Å². The van der Waals surface area contributed by atoms with Gasteiger partial charge in [0.25, 0.3) is 15.9 Å². The zero-order valence-electron chi connectivity index (χ0n) is 18.3. The van der Waals surface area contributed by atoms with Gasteiger partial charge in [0, 0.05) is 32.1 Å². The van der Waals surface area contributed by atoms with Gasteiger partial charge in [-0.2, -0.15) is 0 Å². The van der Waals surface area contributed by atoms with E-state index in [0.29, 0.717) is 11.5 Å². The lowest BCUT2D eigenvalue weighted by Gasteiger charge is -2.21. The summed E-state index contributed by atoms with van der Waals surface area (Å²) in [6, 6.07) is 23.8. The Bertz CT molecular complexity index is 1350. The molecular formula is C25H24N4O3S. The van der Waals surface area contributed by atoms with Crippen molar-refractivity contribution in [1.82, 2.24) is 14.9 Å². The highest BCUT2D eigenvalue weighted by Gasteiger charge is 2.24. The van der Waals surface area contributed by atoms with E-state index in [-0.39, 0.29) is 10.5 Å². The molecule has 4 rings (SSSR count). The van der Waals surface area contributed by atoms with E-state index in [0.717, 1.165) is 5.56 Å². The maximum absolute atomic E-state index is 13.2. The van der Waals surface area contributed by atoms with Gasteiger partial charge in [0.05, 0.1) is 10.6 Å². The predicted molar refractivity (Wildman–Crippen MR) is 127 cm³/mol. The van der Waals surface area contributed by atoms with Crippen molar-refractivity contribution in [2.45, 2.75) is 10.9 Å². The van der Waals surface area contributed by atoms with Crippen LogP contribution in [0.3, 0.4) is 0 Å². The Hall–Kier alpha value is -3.91. The number of sulfonamides is 1. The van der Waals surface area contributed by atoms with E-state index in [1.165, 1.54) is 23.5 Å². The van der Waals surface area contributed by atoms with Crippen LogP contribution < -0.4 is 9.62 Å². The number of rotatable bonds is 7. The molecule has 3 aromatic carbocycles. The molecule has 0 spiro atoms. The summed E-state index contributed by atoms with van der Waals surface area (Å²) in [5.74, 6) is 0.272. The second kappa shape index (κ2) is 9.30. The number of benzene rings is 3. The number of para-hydroxylation sites is 1. The number of imidazole rings is 1. The molecule has 0 aliphatic rings. The fraction of sp³-hybridized carbons (Fsp3) is 0.120. The molecular weight excluding hydrogens is 436 g/mol. The van der Waals surface area contributed by atoms with Crippen LogP contribution in [0.2, 0.25) is 0 Å². The molecule has 1 atom stereocenters. The lowest BCUT2D eigenvalue weighted by molar-refractivity contribution is 0.0941. The van der Waals surface area contributed by atoms with Crippen LogP contribution in [0.25, 0.3) is 0 Å². The minimum atomic E-state index is -3.84. The molecule has 1 unspecified atom stereocenters. The molecule has 4 aromatic rings. The number of carbonyl (C=O) groups excluding carboxylic acids is 1. The number of hydrogen-bond acceptors (Lipinski definition) is 4. The van der Waals surface area contributed by atoms with Crippen molar-refractivity contribution in [3.05, 3.63) is 114 Å². The number of nitrogens with one attached hydrogen (secondary N) is 1. The van der Waals surface area contributed by atoms with Gasteiger partial charge in [-0.25, -0.2) is 13.4 Å². The van der Waals surface area contributed by atoms with Crippen molar-refractivity contribution in [3.63, 3.8) is 0 Å². The number of aryl methyl sites for hydroxylation is 1. The van der Waals surface area contributed by atoms with E-state index in [4.69, 9.17) is 0 Å². The van der Waals surface area contributed by atoms with E-state index in [2.05, 4.69) is 10.3 Å². The first kappa shape index (κ1) is 22.3. The number of aromatic nitrogens is 2. The number of anilines is 1. The highest BCUT2D eigenvalue weighted by atomic mass is 32.2. The molecule has 0 bridgehead atoms. The first-order valence-corrected chi connectivity index (χ1v) is 11.8. The van der Waals surface area contributed by atoms with Crippen LogP contribution in [0.4, 0.5) is 5.69 Å². The third-order valence-electron chi connectivity index (χ3n) is 5.40. The second-order valence-corrected chi connectivity index (χ2v) is 9.52. The van der Waals surface area contributed by atoms with Crippen LogP contribution in [-0.2, 0) is 17.1 Å². The first-order valence-electron chi connectivity index (χ1n) is 10.3. The van der Waals surface area contributed by atoms with Crippen molar-refractivity contribution >= 4 is 21.6 Å². The highest BCUT2D eigenvalue weighted by Crippen LogP contribution is 2.24. The number of amides is 1. The Morgan fingerprint density at radius 1 is 0.970 bits per heavy atom. The predicted octanol–water partition coefficient (Wildman–Crippen LogP) is 3.76. The zero-order chi connectivity index (χ0) is 23.4. The van der Waals surface area contributed by atoms with Crippen molar-refractivity contribution in [2.75, 3.05) is 11.4 Å². The largest absolute Gasteiger partial charge is 0.338 e. The van der Waals surface area contributed by atoms with E-state index >= 15 is 0 Å². The van der Waals surface area contributed by atoms with Crippen LogP contribution >= 0.6 is 0 Å². The molecule has 8 heteroatoms. The highest BCUT2D eigenvalue weighted by molar-refractivity contribution is 7.92. The summed E-state index contributed by atoms with van der Waals surface area (Å²) in [6.07, 6.45) is 3.48. The van der Waals surface area contributed by atoms with Gasteiger partial charge in [-0.05, 0) is 35.9 Å². The molecule has 0 aliphatic carbocycles. The molecule has 0 radical (unpaired) electrons. The summed E-state index contributed by atoms with van der Waals surface area (Å²) < 4.78 is 29.4. The minimum Gasteiger partial charge on any atom is -0.338 e. The van der Waals surface area contributed by atoms with Gasteiger partial charge in [-0.3, -0.25) is 9.10 Å². The molecule has 33 heavy (non-hydrogen) atoms.